The Balaban J connectivity index is 1.66. The normalized spacial score (nSPS) is 18.3. The standard InChI is InChI=1S/C15H23N5/c1-12(16)13-9-17-19(10-13)11-14-7-8-20(18-14)15-5-3-2-4-6-15/h7-10,12,15H,2-6,11,16H2,1H3. The van der Waals surface area contributed by atoms with Crippen molar-refractivity contribution in [1.29, 1.82) is 0 Å². The second-order valence-electron chi connectivity index (χ2n) is 5.84. The highest BCUT2D eigenvalue weighted by Gasteiger charge is 2.16. The van der Waals surface area contributed by atoms with Crippen molar-refractivity contribution in [3.05, 3.63) is 35.9 Å². The van der Waals surface area contributed by atoms with Crippen molar-refractivity contribution in [2.75, 3.05) is 0 Å². The molecule has 1 atom stereocenters. The third kappa shape index (κ3) is 2.93. The molecule has 2 aromatic rings. The molecule has 108 valence electrons. The highest BCUT2D eigenvalue weighted by molar-refractivity contribution is 5.10. The van der Waals surface area contributed by atoms with Crippen molar-refractivity contribution < 1.29 is 0 Å². The van der Waals surface area contributed by atoms with Crippen LogP contribution in [0, 0.1) is 0 Å². The minimum atomic E-state index is 0.0311. The van der Waals surface area contributed by atoms with E-state index in [-0.39, 0.29) is 6.04 Å². The van der Waals surface area contributed by atoms with E-state index in [0.29, 0.717) is 12.6 Å². The summed E-state index contributed by atoms with van der Waals surface area (Å²) >= 11 is 0. The van der Waals surface area contributed by atoms with Crippen LogP contribution in [0.15, 0.2) is 24.7 Å². The first-order valence-corrected chi connectivity index (χ1v) is 7.54. The summed E-state index contributed by atoms with van der Waals surface area (Å²) in [5, 5.41) is 9.05. The number of rotatable bonds is 4. The Morgan fingerprint density at radius 1 is 1.35 bits per heavy atom. The maximum Gasteiger partial charge on any atom is 0.0849 e. The van der Waals surface area contributed by atoms with Crippen LogP contribution in [0.1, 0.15) is 62.4 Å². The van der Waals surface area contributed by atoms with Crippen molar-refractivity contribution >= 4 is 0 Å². The van der Waals surface area contributed by atoms with E-state index >= 15 is 0 Å². The van der Waals surface area contributed by atoms with Gasteiger partial charge in [0.15, 0.2) is 0 Å². The SMILES string of the molecule is CC(N)c1cnn(Cc2ccn(C3CCCCC3)n2)c1. The summed E-state index contributed by atoms with van der Waals surface area (Å²) in [4.78, 5) is 0. The number of nitrogens with two attached hydrogens (primary N) is 1. The maximum absolute atomic E-state index is 5.85. The average molecular weight is 273 g/mol. The predicted molar refractivity (Wildman–Crippen MR) is 78.3 cm³/mol. The van der Waals surface area contributed by atoms with Crippen LogP contribution >= 0.6 is 0 Å². The Kier molecular flexibility index (Phi) is 3.87. The van der Waals surface area contributed by atoms with Crippen LogP contribution < -0.4 is 5.73 Å². The molecular weight excluding hydrogens is 250 g/mol. The molecule has 2 heterocycles. The fourth-order valence-corrected chi connectivity index (χ4v) is 2.88. The third-order valence-corrected chi connectivity index (χ3v) is 4.12. The summed E-state index contributed by atoms with van der Waals surface area (Å²) in [7, 11) is 0. The van der Waals surface area contributed by atoms with Crippen molar-refractivity contribution in [3.63, 3.8) is 0 Å². The van der Waals surface area contributed by atoms with Crippen LogP contribution in [0.5, 0.6) is 0 Å². The van der Waals surface area contributed by atoms with Gasteiger partial charge < -0.3 is 5.73 Å². The van der Waals surface area contributed by atoms with E-state index in [1.54, 1.807) is 0 Å². The van der Waals surface area contributed by atoms with Crippen molar-refractivity contribution in [2.45, 2.75) is 57.7 Å². The van der Waals surface area contributed by atoms with Crippen molar-refractivity contribution in [1.82, 2.24) is 19.6 Å². The lowest BCUT2D eigenvalue weighted by molar-refractivity contribution is 0.327. The van der Waals surface area contributed by atoms with E-state index in [2.05, 4.69) is 22.0 Å². The highest BCUT2D eigenvalue weighted by atomic mass is 15.3. The molecule has 0 radical (unpaired) electrons. The molecule has 1 aliphatic carbocycles. The van der Waals surface area contributed by atoms with Gasteiger partial charge in [-0.25, -0.2) is 0 Å². The van der Waals surface area contributed by atoms with Crippen LogP contribution in [0.2, 0.25) is 0 Å². The predicted octanol–water partition coefficient (Wildman–Crippen LogP) is 2.65. The Morgan fingerprint density at radius 2 is 2.15 bits per heavy atom. The van der Waals surface area contributed by atoms with E-state index in [1.165, 1.54) is 32.1 Å². The first-order chi connectivity index (χ1) is 9.72. The fourth-order valence-electron chi connectivity index (χ4n) is 2.88. The quantitative estimate of drug-likeness (QED) is 0.931. The minimum absolute atomic E-state index is 0.0311. The monoisotopic (exact) mass is 273 g/mol. The minimum Gasteiger partial charge on any atom is -0.324 e. The van der Waals surface area contributed by atoms with Gasteiger partial charge in [0.05, 0.1) is 24.5 Å². The molecule has 1 unspecified atom stereocenters. The van der Waals surface area contributed by atoms with Gasteiger partial charge in [0.25, 0.3) is 0 Å². The molecule has 1 fully saturated rings. The summed E-state index contributed by atoms with van der Waals surface area (Å²) in [5.74, 6) is 0. The lowest BCUT2D eigenvalue weighted by Crippen LogP contribution is -2.13. The molecular formula is C15H23N5. The first kappa shape index (κ1) is 13.4. The molecule has 20 heavy (non-hydrogen) atoms. The number of hydrogen-bond donors (Lipinski definition) is 1. The van der Waals surface area contributed by atoms with Crippen molar-refractivity contribution in [3.8, 4) is 0 Å². The van der Waals surface area contributed by atoms with Gasteiger partial charge in [-0.1, -0.05) is 19.3 Å². The Labute approximate surface area is 119 Å². The first-order valence-electron chi connectivity index (χ1n) is 7.54. The zero-order valence-corrected chi connectivity index (χ0v) is 12.1. The molecule has 5 nitrogen and oxygen atoms in total. The molecule has 2 N–H and O–H groups in total. The van der Waals surface area contributed by atoms with Gasteiger partial charge in [-0.3, -0.25) is 9.36 Å². The van der Waals surface area contributed by atoms with Gasteiger partial charge in [0.2, 0.25) is 0 Å². The van der Waals surface area contributed by atoms with Crippen LogP contribution in [-0.2, 0) is 6.54 Å². The summed E-state index contributed by atoms with van der Waals surface area (Å²) in [6.45, 7) is 2.69. The smallest absolute Gasteiger partial charge is 0.0849 e. The Hall–Kier alpha value is -1.62. The zero-order chi connectivity index (χ0) is 13.9. The number of hydrogen-bond acceptors (Lipinski definition) is 3. The van der Waals surface area contributed by atoms with Crippen LogP contribution in [0.25, 0.3) is 0 Å². The molecule has 0 amide bonds. The second-order valence-corrected chi connectivity index (χ2v) is 5.84. The van der Waals surface area contributed by atoms with E-state index in [9.17, 15) is 0 Å². The molecule has 0 aliphatic heterocycles. The van der Waals surface area contributed by atoms with Gasteiger partial charge >= 0.3 is 0 Å². The van der Waals surface area contributed by atoms with Crippen LogP contribution in [0.3, 0.4) is 0 Å². The van der Waals surface area contributed by atoms with Gasteiger partial charge in [-0.05, 0) is 25.8 Å². The molecule has 0 aromatic carbocycles. The summed E-state index contributed by atoms with van der Waals surface area (Å²) in [6, 6.07) is 2.72. The number of aromatic nitrogens is 4. The average Bonchev–Trinajstić information content (AvgIpc) is 3.10. The summed E-state index contributed by atoms with van der Waals surface area (Å²) in [5.41, 5.74) is 7.98. The Morgan fingerprint density at radius 3 is 2.85 bits per heavy atom. The molecule has 1 aliphatic rings. The molecule has 5 heteroatoms. The van der Waals surface area contributed by atoms with Crippen LogP contribution in [-0.4, -0.2) is 19.6 Å². The van der Waals surface area contributed by atoms with Gasteiger partial charge in [-0.2, -0.15) is 10.2 Å². The maximum atomic E-state index is 5.85. The van der Waals surface area contributed by atoms with E-state index in [0.717, 1.165) is 11.3 Å². The molecule has 0 bridgehead atoms. The van der Waals surface area contributed by atoms with Gasteiger partial charge in [-0.15, -0.1) is 0 Å². The van der Waals surface area contributed by atoms with Crippen LogP contribution in [0.4, 0.5) is 0 Å². The van der Waals surface area contributed by atoms with E-state index in [1.807, 2.05) is 24.0 Å². The van der Waals surface area contributed by atoms with E-state index < -0.39 is 0 Å². The van der Waals surface area contributed by atoms with Crippen molar-refractivity contribution in [2.24, 2.45) is 5.73 Å². The highest BCUT2D eigenvalue weighted by Crippen LogP contribution is 2.27. The fraction of sp³-hybridized carbons (Fsp3) is 0.600. The Bertz CT molecular complexity index is 548. The topological polar surface area (TPSA) is 61.7 Å². The number of nitrogens with zero attached hydrogens (tertiary/aromatic N) is 4. The third-order valence-electron chi connectivity index (χ3n) is 4.12. The largest absolute Gasteiger partial charge is 0.324 e. The summed E-state index contributed by atoms with van der Waals surface area (Å²) in [6.07, 6.45) is 12.5. The van der Waals surface area contributed by atoms with Gasteiger partial charge in [0.1, 0.15) is 0 Å². The molecule has 0 spiro atoms. The molecule has 1 saturated carbocycles. The summed E-state index contributed by atoms with van der Waals surface area (Å²) < 4.78 is 4.05. The molecule has 2 aromatic heterocycles. The van der Waals surface area contributed by atoms with E-state index in [4.69, 9.17) is 10.8 Å². The zero-order valence-electron chi connectivity index (χ0n) is 12.1. The second kappa shape index (κ2) is 5.79. The lowest BCUT2D eigenvalue weighted by atomic mass is 9.96. The molecule has 0 saturated heterocycles. The lowest BCUT2D eigenvalue weighted by Gasteiger charge is -2.21. The van der Waals surface area contributed by atoms with Gasteiger partial charge in [0, 0.05) is 24.0 Å². The molecule has 3 rings (SSSR count).